The molecule has 1 aliphatic heterocycles. The minimum atomic E-state index is -0.525. The number of hydrogen-bond acceptors (Lipinski definition) is 6. The first-order chi connectivity index (χ1) is 13.0. The highest BCUT2D eigenvalue weighted by Gasteiger charge is 2.30. The van der Waals surface area contributed by atoms with Gasteiger partial charge >= 0.3 is 0 Å². The van der Waals surface area contributed by atoms with Gasteiger partial charge in [0.25, 0.3) is 11.5 Å². The molecule has 3 N–H and O–H groups in total. The zero-order chi connectivity index (χ0) is 19.2. The van der Waals surface area contributed by atoms with Gasteiger partial charge in [-0.3, -0.25) is 14.4 Å². The molecule has 2 aromatic rings. The van der Waals surface area contributed by atoms with Gasteiger partial charge in [0.1, 0.15) is 5.56 Å². The molecule has 8 nitrogen and oxygen atoms in total. The Kier molecular flexibility index (Phi) is 6.25. The molecule has 3 rings (SSSR count). The molecule has 27 heavy (non-hydrogen) atoms. The van der Waals surface area contributed by atoms with Crippen LogP contribution in [0.1, 0.15) is 22.3 Å². The van der Waals surface area contributed by atoms with Crippen molar-refractivity contribution in [1.29, 1.82) is 0 Å². The topological polar surface area (TPSA) is 118 Å². The van der Waals surface area contributed by atoms with Gasteiger partial charge in [0.2, 0.25) is 5.91 Å². The van der Waals surface area contributed by atoms with Crippen molar-refractivity contribution in [3.05, 3.63) is 58.0 Å². The number of benzene rings is 1. The molecule has 0 radical (unpaired) electrons. The minimum Gasteiger partial charge on any atom is -0.377 e. The van der Waals surface area contributed by atoms with Crippen LogP contribution in [0.25, 0.3) is 0 Å². The molecule has 2 heterocycles. The highest BCUT2D eigenvalue weighted by molar-refractivity contribution is 7.98. The molecule has 1 aliphatic rings. The fraction of sp³-hybridized carbons (Fsp3) is 0.333. The number of nitrogens with one attached hydrogen (secondary N) is 1. The van der Waals surface area contributed by atoms with E-state index in [1.165, 1.54) is 22.9 Å². The van der Waals surface area contributed by atoms with E-state index in [0.717, 1.165) is 5.56 Å². The molecule has 1 fully saturated rings. The van der Waals surface area contributed by atoms with Crippen LogP contribution in [-0.4, -0.2) is 52.5 Å². The molecule has 142 valence electrons. The average Bonchev–Trinajstić information content (AvgIpc) is 2.67. The van der Waals surface area contributed by atoms with Crippen LogP contribution < -0.4 is 11.3 Å². The lowest BCUT2D eigenvalue weighted by Crippen LogP contribution is -2.51. The Labute approximate surface area is 160 Å². The van der Waals surface area contributed by atoms with Crippen LogP contribution in [0, 0.1) is 0 Å². The van der Waals surface area contributed by atoms with Crippen molar-refractivity contribution in [3.63, 3.8) is 0 Å². The number of nitrogens with zero attached hydrogens (tertiary/aromatic N) is 2. The molecule has 1 atom stereocenters. The van der Waals surface area contributed by atoms with Gasteiger partial charge in [-0.1, -0.05) is 42.1 Å². The van der Waals surface area contributed by atoms with E-state index in [1.807, 2.05) is 30.3 Å². The van der Waals surface area contributed by atoms with Gasteiger partial charge in [-0.05, 0) is 5.56 Å². The maximum Gasteiger partial charge on any atom is 0.264 e. The number of aromatic amines is 1. The lowest BCUT2D eigenvalue weighted by atomic mass is 10.1. The average molecular weight is 388 g/mol. The number of ether oxygens (including phenoxy) is 1. The monoisotopic (exact) mass is 388 g/mol. The Balaban J connectivity index is 1.71. The van der Waals surface area contributed by atoms with Crippen LogP contribution in [0.15, 0.2) is 46.5 Å². The maximum absolute atomic E-state index is 12.8. The zero-order valence-corrected chi connectivity index (χ0v) is 15.4. The van der Waals surface area contributed by atoms with E-state index in [9.17, 15) is 14.4 Å². The fourth-order valence-corrected chi connectivity index (χ4v) is 3.60. The van der Waals surface area contributed by atoms with Crippen LogP contribution in [-0.2, 0) is 15.3 Å². The second kappa shape index (κ2) is 8.83. The number of carbonyl (C=O) groups excluding carboxylic acids is 2. The summed E-state index contributed by atoms with van der Waals surface area (Å²) in [5, 5.41) is 0.441. The lowest BCUT2D eigenvalue weighted by molar-refractivity contribution is -0.120. The number of morpholine rings is 1. The first kappa shape index (κ1) is 19.1. The van der Waals surface area contributed by atoms with Gasteiger partial charge in [-0.15, -0.1) is 0 Å². The SMILES string of the molecule is NC(=O)C[C@@H]1COCCN1C(=O)c1cnc(SCc2ccccc2)[nH]c1=O. The summed E-state index contributed by atoms with van der Waals surface area (Å²) in [4.78, 5) is 44.7. The summed E-state index contributed by atoms with van der Waals surface area (Å²) >= 11 is 1.38. The smallest absolute Gasteiger partial charge is 0.264 e. The van der Waals surface area contributed by atoms with E-state index in [2.05, 4.69) is 9.97 Å². The second-order valence-electron chi connectivity index (χ2n) is 6.10. The third-order valence-electron chi connectivity index (χ3n) is 4.15. The van der Waals surface area contributed by atoms with E-state index in [4.69, 9.17) is 10.5 Å². The quantitative estimate of drug-likeness (QED) is 0.558. The number of rotatable bonds is 6. The number of primary amides is 1. The summed E-state index contributed by atoms with van der Waals surface area (Å²) < 4.78 is 5.32. The molecule has 9 heteroatoms. The Morgan fingerprint density at radius 3 is 2.81 bits per heavy atom. The number of carbonyl (C=O) groups is 2. The fourth-order valence-electron chi connectivity index (χ4n) is 2.81. The van der Waals surface area contributed by atoms with Crippen LogP contribution in [0.5, 0.6) is 0 Å². The van der Waals surface area contributed by atoms with E-state index in [-0.39, 0.29) is 18.6 Å². The summed E-state index contributed by atoms with van der Waals surface area (Å²) in [6, 6.07) is 9.32. The van der Waals surface area contributed by atoms with E-state index in [1.54, 1.807) is 0 Å². The summed E-state index contributed by atoms with van der Waals surface area (Å²) in [6.07, 6.45) is 1.27. The normalized spacial score (nSPS) is 16.9. The molecule has 0 bridgehead atoms. The molecular weight excluding hydrogens is 368 g/mol. The summed E-state index contributed by atoms with van der Waals surface area (Å²) in [6.45, 7) is 0.850. The van der Waals surface area contributed by atoms with Crippen LogP contribution in [0.2, 0.25) is 0 Å². The van der Waals surface area contributed by atoms with Crippen molar-refractivity contribution >= 4 is 23.6 Å². The largest absolute Gasteiger partial charge is 0.377 e. The molecule has 0 aliphatic carbocycles. The van der Waals surface area contributed by atoms with Crippen molar-refractivity contribution < 1.29 is 14.3 Å². The van der Waals surface area contributed by atoms with Crippen molar-refractivity contribution in [2.75, 3.05) is 19.8 Å². The summed E-state index contributed by atoms with van der Waals surface area (Å²) in [5.74, 6) is -0.345. The van der Waals surface area contributed by atoms with Gasteiger partial charge in [0.15, 0.2) is 5.16 Å². The second-order valence-corrected chi connectivity index (χ2v) is 7.07. The molecular formula is C18H20N4O4S. The third kappa shape index (κ3) is 4.95. The summed E-state index contributed by atoms with van der Waals surface area (Å²) in [5.41, 5.74) is 5.78. The number of aromatic nitrogens is 2. The molecule has 1 saturated heterocycles. The highest BCUT2D eigenvalue weighted by Crippen LogP contribution is 2.18. The van der Waals surface area contributed by atoms with Crippen LogP contribution in [0.3, 0.4) is 0 Å². The van der Waals surface area contributed by atoms with Gasteiger partial charge in [-0.25, -0.2) is 4.98 Å². The predicted molar refractivity (Wildman–Crippen MR) is 100 cm³/mol. The first-order valence-corrected chi connectivity index (χ1v) is 9.46. The first-order valence-electron chi connectivity index (χ1n) is 8.47. The summed E-state index contributed by atoms with van der Waals surface area (Å²) in [7, 11) is 0. The van der Waals surface area contributed by atoms with Gasteiger partial charge in [-0.2, -0.15) is 0 Å². The predicted octanol–water partition coefficient (Wildman–Crippen LogP) is 0.779. The minimum absolute atomic E-state index is 0.0118. The lowest BCUT2D eigenvalue weighted by Gasteiger charge is -2.34. The number of hydrogen-bond donors (Lipinski definition) is 2. The van der Waals surface area contributed by atoms with Crippen molar-refractivity contribution in [1.82, 2.24) is 14.9 Å². The third-order valence-corrected chi connectivity index (χ3v) is 5.11. The Morgan fingerprint density at radius 2 is 2.11 bits per heavy atom. The molecule has 2 amide bonds. The van der Waals surface area contributed by atoms with Crippen LogP contribution in [0.4, 0.5) is 0 Å². The Bertz CT molecular complexity index is 871. The van der Waals surface area contributed by atoms with Crippen molar-refractivity contribution in [2.45, 2.75) is 23.4 Å². The molecule has 0 saturated carbocycles. The number of nitrogens with two attached hydrogens (primary N) is 1. The Hall–Kier alpha value is -2.65. The number of amides is 2. The standard InChI is InChI=1S/C18H20N4O4S/c19-15(23)8-13-10-26-7-6-22(13)17(25)14-9-20-18(21-16(14)24)27-11-12-4-2-1-3-5-12/h1-5,9,13H,6-8,10-11H2,(H2,19,23)(H,20,21,24)/t13-/m1/s1. The molecule has 0 unspecified atom stereocenters. The van der Waals surface area contributed by atoms with E-state index < -0.39 is 23.4 Å². The Morgan fingerprint density at radius 1 is 1.33 bits per heavy atom. The van der Waals surface area contributed by atoms with Crippen LogP contribution >= 0.6 is 11.8 Å². The van der Waals surface area contributed by atoms with E-state index in [0.29, 0.717) is 24.1 Å². The molecule has 1 aromatic heterocycles. The highest BCUT2D eigenvalue weighted by atomic mass is 32.2. The zero-order valence-electron chi connectivity index (χ0n) is 14.6. The number of H-pyrrole nitrogens is 1. The van der Waals surface area contributed by atoms with E-state index >= 15 is 0 Å². The van der Waals surface area contributed by atoms with Gasteiger partial charge in [0.05, 0.1) is 19.3 Å². The molecule has 1 aromatic carbocycles. The van der Waals surface area contributed by atoms with Crippen molar-refractivity contribution in [2.24, 2.45) is 5.73 Å². The van der Waals surface area contributed by atoms with Gasteiger partial charge < -0.3 is 20.4 Å². The molecule has 0 spiro atoms. The number of thioether (sulfide) groups is 1. The van der Waals surface area contributed by atoms with Crippen molar-refractivity contribution in [3.8, 4) is 0 Å². The maximum atomic E-state index is 12.8. The van der Waals surface area contributed by atoms with Gasteiger partial charge in [0, 0.05) is 24.9 Å².